The van der Waals surface area contributed by atoms with E-state index in [0.717, 1.165) is 48.5 Å². The van der Waals surface area contributed by atoms with Crippen molar-refractivity contribution in [2.75, 3.05) is 23.4 Å². The van der Waals surface area contributed by atoms with Crippen LogP contribution in [-0.4, -0.2) is 25.0 Å². The molecule has 4 rings (SSSR count). The zero-order valence-electron chi connectivity index (χ0n) is 15.6. The molecule has 2 aromatic rings. The van der Waals surface area contributed by atoms with E-state index in [0.29, 0.717) is 19.4 Å². The molecule has 5 heteroatoms. The Labute approximate surface area is 159 Å². The quantitative estimate of drug-likeness (QED) is 0.883. The monoisotopic (exact) mass is 364 g/mol. The van der Waals surface area contributed by atoms with Crippen LogP contribution in [0, 0.1) is 0 Å². The summed E-state index contributed by atoms with van der Waals surface area (Å²) in [5.41, 5.74) is 5.20. The predicted molar refractivity (Wildman–Crippen MR) is 105 cm³/mol. The number of hydrogen-bond acceptors (Lipinski definition) is 3. The Morgan fingerprint density at radius 1 is 1.11 bits per heavy atom. The highest BCUT2D eigenvalue weighted by molar-refractivity contribution is 5.99. The Morgan fingerprint density at radius 2 is 1.85 bits per heavy atom. The fourth-order valence-corrected chi connectivity index (χ4v) is 3.99. The zero-order chi connectivity index (χ0) is 18.8. The molecule has 2 heterocycles. The highest BCUT2D eigenvalue weighted by Gasteiger charge is 2.29. The summed E-state index contributed by atoms with van der Waals surface area (Å²) in [4.78, 5) is 26.6. The van der Waals surface area contributed by atoms with Crippen LogP contribution in [0.4, 0.5) is 11.4 Å². The van der Waals surface area contributed by atoms with Crippen molar-refractivity contribution in [3.8, 4) is 5.75 Å². The number of carbonyl (C=O) groups is 2. The number of benzene rings is 2. The molecule has 2 aliphatic heterocycles. The van der Waals surface area contributed by atoms with Crippen LogP contribution < -0.4 is 15.0 Å². The van der Waals surface area contributed by atoms with E-state index in [-0.39, 0.29) is 11.8 Å². The molecule has 0 radical (unpaired) electrons. The third-order valence-corrected chi connectivity index (χ3v) is 5.16. The molecule has 0 spiro atoms. The van der Waals surface area contributed by atoms with Gasteiger partial charge in [-0.25, -0.2) is 0 Å². The van der Waals surface area contributed by atoms with Gasteiger partial charge < -0.3 is 15.0 Å². The average Bonchev–Trinajstić information content (AvgIpc) is 2.66. The van der Waals surface area contributed by atoms with Crippen molar-refractivity contribution < 1.29 is 14.3 Å². The highest BCUT2D eigenvalue weighted by atomic mass is 16.5. The van der Waals surface area contributed by atoms with Crippen LogP contribution in [0.3, 0.4) is 0 Å². The van der Waals surface area contributed by atoms with Gasteiger partial charge in [0.2, 0.25) is 11.8 Å². The standard InChI is InChI=1S/C22H24N2O3/c1-2-27-19-8-5-15(6-9-19)12-20(25)23-18-13-16-4-3-11-24-21(26)10-7-17(14-18)22(16)24/h5-6,8-9,13-14H,2-4,7,10-12H2,1H3,(H,23,25). The summed E-state index contributed by atoms with van der Waals surface area (Å²) in [7, 11) is 0. The van der Waals surface area contributed by atoms with Crippen LogP contribution in [0.2, 0.25) is 0 Å². The Morgan fingerprint density at radius 3 is 2.59 bits per heavy atom. The van der Waals surface area contributed by atoms with E-state index in [1.54, 1.807) is 0 Å². The minimum absolute atomic E-state index is 0.0362. The van der Waals surface area contributed by atoms with Crippen LogP contribution >= 0.6 is 0 Å². The van der Waals surface area contributed by atoms with E-state index in [1.165, 1.54) is 11.1 Å². The predicted octanol–water partition coefficient (Wildman–Crippen LogP) is 3.49. The molecule has 2 aliphatic rings. The van der Waals surface area contributed by atoms with Crippen LogP contribution in [0.25, 0.3) is 0 Å². The molecular weight excluding hydrogens is 340 g/mol. The summed E-state index contributed by atoms with van der Waals surface area (Å²) in [5, 5.41) is 3.03. The van der Waals surface area contributed by atoms with E-state index < -0.39 is 0 Å². The molecule has 0 bridgehead atoms. The van der Waals surface area contributed by atoms with Crippen molar-refractivity contribution in [1.29, 1.82) is 0 Å². The Kier molecular flexibility index (Phi) is 4.84. The second-order valence-corrected chi connectivity index (χ2v) is 7.09. The third kappa shape index (κ3) is 3.68. The number of carbonyl (C=O) groups excluding carboxylic acids is 2. The number of hydrogen-bond donors (Lipinski definition) is 1. The van der Waals surface area contributed by atoms with E-state index in [9.17, 15) is 9.59 Å². The van der Waals surface area contributed by atoms with Crippen molar-refractivity contribution in [3.63, 3.8) is 0 Å². The van der Waals surface area contributed by atoms with Gasteiger partial charge in [-0.2, -0.15) is 0 Å². The molecule has 0 aliphatic carbocycles. The minimum Gasteiger partial charge on any atom is -0.494 e. The maximum atomic E-state index is 12.5. The third-order valence-electron chi connectivity index (χ3n) is 5.16. The topological polar surface area (TPSA) is 58.6 Å². The summed E-state index contributed by atoms with van der Waals surface area (Å²) in [6, 6.07) is 11.7. The zero-order valence-corrected chi connectivity index (χ0v) is 15.6. The van der Waals surface area contributed by atoms with E-state index in [2.05, 4.69) is 5.32 Å². The van der Waals surface area contributed by atoms with Crippen LogP contribution in [0.15, 0.2) is 36.4 Å². The van der Waals surface area contributed by atoms with Crippen molar-refractivity contribution in [2.45, 2.75) is 39.0 Å². The number of anilines is 2. The maximum absolute atomic E-state index is 12.5. The summed E-state index contributed by atoms with van der Waals surface area (Å²) in [6.07, 6.45) is 3.55. The van der Waals surface area contributed by atoms with Crippen molar-refractivity contribution in [1.82, 2.24) is 0 Å². The average molecular weight is 364 g/mol. The largest absolute Gasteiger partial charge is 0.494 e. The maximum Gasteiger partial charge on any atom is 0.228 e. The first-order valence-corrected chi connectivity index (χ1v) is 9.62. The number of aryl methyl sites for hydroxylation is 2. The number of amides is 2. The van der Waals surface area contributed by atoms with Crippen molar-refractivity contribution >= 4 is 23.2 Å². The molecule has 0 fully saturated rings. The summed E-state index contributed by atoms with van der Waals surface area (Å²) in [5.74, 6) is 0.996. The van der Waals surface area contributed by atoms with E-state index in [1.807, 2.05) is 48.2 Å². The molecule has 140 valence electrons. The molecular formula is C22H24N2O3. The van der Waals surface area contributed by atoms with Crippen molar-refractivity contribution in [2.24, 2.45) is 0 Å². The summed E-state index contributed by atoms with van der Waals surface area (Å²) in [6.45, 7) is 3.38. The fraction of sp³-hybridized carbons (Fsp3) is 0.364. The van der Waals surface area contributed by atoms with Crippen LogP contribution in [-0.2, 0) is 28.9 Å². The number of ether oxygens (including phenoxy) is 1. The highest BCUT2D eigenvalue weighted by Crippen LogP contribution is 2.37. The first-order chi connectivity index (χ1) is 13.1. The minimum atomic E-state index is -0.0362. The van der Waals surface area contributed by atoms with Gasteiger partial charge in [0.05, 0.1) is 18.7 Å². The number of rotatable bonds is 5. The molecule has 0 saturated carbocycles. The number of nitrogens with zero attached hydrogens (tertiary/aromatic N) is 1. The molecule has 2 aromatic carbocycles. The lowest BCUT2D eigenvalue weighted by molar-refractivity contribution is -0.119. The Hall–Kier alpha value is -2.82. The smallest absolute Gasteiger partial charge is 0.228 e. The van der Waals surface area contributed by atoms with Gasteiger partial charge in [-0.15, -0.1) is 0 Å². The second-order valence-electron chi connectivity index (χ2n) is 7.09. The molecule has 1 N–H and O–H groups in total. The van der Waals surface area contributed by atoms with E-state index in [4.69, 9.17) is 4.74 Å². The van der Waals surface area contributed by atoms with Gasteiger partial charge in [0, 0.05) is 18.7 Å². The van der Waals surface area contributed by atoms with Gasteiger partial charge in [0.15, 0.2) is 0 Å². The van der Waals surface area contributed by atoms with E-state index >= 15 is 0 Å². The first kappa shape index (κ1) is 17.6. The first-order valence-electron chi connectivity index (χ1n) is 9.62. The van der Waals surface area contributed by atoms with Crippen molar-refractivity contribution in [3.05, 3.63) is 53.1 Å². The lowest BCUT2D eigenvalue weighted by Gasteiger charge is -2.35. The summed E-state index contributed by atoms with van der Waals surface area (Å²) >= 11 is 0. The molecule has 5 nitrogen and oxygen atoms in total. The van der Waals surface area contributed by atoms with Gasteiger partial charge in [-0.3, -0.25) is 9.59 Å². The number of nitrogens with one attached hydrogen (secondary N) is 1. The molecule has 2 amide bonds. The SMILES string of the molecule is CCOc1ccc(CC(=O)Nc2cc3c4c(c2)CCC(=O)N4CCC3)cc1. The Bertz CT molecular complexity index is 857. The van der Waals surface area contributed by atoms with Gasteiger partial charge >= 0.3 is 0 Å². The molecule has 0 atom stereocenters. The summed E-state index contributed by atoms with van der Waals surface area (Å²) < 4.78 is 5.43. The van der Waals surface area contributed by atoms with Gasteiger partial charge in [-0.05, 0) is 67.1 Å². The fourth-order valence-electron chi connectivity index (χ4n) is 3.99. The molecule has 27 heavy (non-hydrogen) atoms. The normalized spacial score (nSPS) is 15.3. The van der Waals surface area contributed by atoms with Crippen LogP contribution in [0.5, 0.6) is 5.75 Å². The lowest BCUT2D eigenvalue weighted by Crippen LogP contribution is -2.39. The van der Waals surface area contributed by atoms with Crippen LogP contribution in [0.1, 0.15) is 36.5 Å². The van der Waals surface area contributed by atoms with Gasteiger partial charge in [0.1, 0.15) is 5.75 Å². The molecule has 0 aromatic heterocycles. The molecule has 0 unspecified atom stereocenters. The van der Waals surface area contributed by atoms with Gasteiger partial charge in [0.25, 0.3) is 0 Å². The van der Waals surface area contributed by atoms with Gasteiger partial charge in [-0.1, -0.05) is 12.1 Å². The second kappa shape index (κ2) is 7.43. The lowest BCUT2D eigenvalue weighted by atomic mass is 9.91. The Balaban J connectivity index is 1.48. The molecule has 0 saturated heterocycles.